The number of nitrogens with zero attached hydrogens (tertiary/aromatic N) is 1. The molecule has 2 aromatic heterocycles. The molecule has 0 aliphatic rings. The summed E-state index contributed by atoms with van der Waals surface area (Å²) in [6.45, 7) is 3.54. The summed E-state index contributed by atoms with van der Waals surface area (Å²) in [5, 5.41) is 0. The van der Waals surface area contributed by atoms with Gasteiger partial charge < -0.3 is 4.98 Å². The zero-order valence-electron chi connectivity index (χ0n) is 10.8. The third-order valence-electron chi connectivity index (χ3n) is 2.72. The van der Waals surface area contributed by atoms with E-state index in [0.29, 0.717) is 5.56 Å². The molecule has 0 aliphatic carbocycles. The zero-order chi connectivity index (χ0) is 13.8. The highest BCUT2D eigenvalue weighted by Gasteiger charge is 2.11. The van der Waals surface area contributed by atoms with E-state index in [1.807, 2.05) is 6.07 Å². The lowest BCUT2D eigenvalue weighted by Gasteiger charge is -2.02. The van der Waals surface area contributed by atoms with Crippen LogP contribution in [0, 0.1) is 13.8 Å². The first-order valence-electron chi connectivity index (χ1n) is 5.91. The number of allylic oxidation sites excluding steroid dienone is 1. The van der Waals surface area contributed by atoms with E-state index < -0.39 is 0 Å². The number of carbonyl (C=O) groups is 1. The van der Waals surface area contributed by atoms with Gasteiger partial charge in [0.05, 0.1) is 5.56 Å². The van der Waals surface area contributed by atoms with Crippen LogP contribution in [0.3, 0.4) is 0 Å². The molecule has 0 saturated carbocycles. The fraction of sp³-hybridized carbons (Fsp3) is 0.133. The van der Waals surface area contributed by atoms with E-state index in [1.54, 1.807) is 44.4 Å². The van der Waals surface area contributed by atoms with Gasteiger partial charge in [0.1, 0.15) is 0 Å². The second-order valence-corrected chi connectivity index (χ2v) is 4.32. The van der Waals surface area contributed by atoms with Crippen molar-refractivity contribution in [2.75, 3.05) is 0 Å². The fourth-order valence-electron chi connectivity index (χ4n) is 1.89. The summed E-state index contributed by atoms with van der Waals surface area (Å²) in [6, 6.07) is 5.41. The topological polar surface area (TPSA) is 62.8 Å². The van der Waals surface area contributed by atoms with Crippen molar-refractivity contribution in [2.24, 2.45) is 0 Å². The summed E-state index contributed by atoms with van der Waals surface area (Å²) in [7, 11) is 0. The Bertz CT molecular complexity index is 685. The summed E-state index contributed by atoms with van der Waals surface area (Å²) in [6.07, 6.45) is 6.35. The van der Waals surface area contributed by atoms with Crippen molar-refractivity contribution in [3.8, 4) is 0 Å². The van der Waals surface area contributed by atoms with Gasteiger partial charge in [0.25, 0.3) is 5.56 Å². The minimum atomic E-state index is -0.349. The largest absolute Gasteiger partial charge is 0.326 e. The number of aromatic amines is 1. The average Bonchev–Trinajstić information content (AvgIpc) is 2.36. The van der Waals surface area contributed by atoms with Gasteiger partial charge in [0, 0.05) is 18.1 Å². The molecule has 0 spiro atoms. The fourth-order valence-corrected chi connectivity index (χ4v) is 1.89. The number of nitrogens with one attached hydrogen (secondary N) is 1. The molecule has 0 bridgehead atoms. The van der Waals surface area contributed by atoms with E-state index in [4.69, 9.17) is 0 Å². The normalized spacial score (nSPS) is 10.8. The lowest BCUT2D eigenvalue weighted by molar-refractivity contribution is 0.104. The first kappa shape index (κ1) is 13.0. The lowest BCUT2D eigenvalue weighted by Crippen LogP contribution is -2.19. The molecule has 96 valence electrons. The van der Waals surface area contributed by atoms with E-state index in [9.17, 15) is 9.59 Å². The van der Waals surface area contributed by atoms with Gasteiger partial charge >= 0.3 is 0 Å². The number of aromatic nitrogens is 2. The summed E-state index contributed by atoms with van der Waals surface area (Å²) in [4.78, 5) is 30.4. The van der Waals surface area contributed by atoms with Crippen molar-refractivity contribution < 1.29 is 4.79 Å². The number of pyridine rings is 2. The van der Waals surface area contributed by atoms with Crippen molar-refractivity contribution in [2.45, 2.75) is 13.8 Å². The van der Waals surface area contributed by atoms with Crippen LogP contribution < -0.4 is 5.56 Å². The van der Waals surface area contributed by atoms with Crippen LogP contribution >= 0.6 is 0 Å². The Hall–Kier alpha value is -2.49. The van der Waals surface area contributed by atoms with Crippen LogP contribution in [0.5, 0.6) is 0 Å². The van der Waals surface area contributed by atoms with Crippen LogP contribution in [0.2, 0.25) is 0 Å². The van der Waals surface area contributed by atoms with Crippen molar-refractivity contribution in [1.29, 1.82) is 0 Å². The Morgan fingerprint density at radius 1 is 1.37 bits per heavy atom. The van der Waals surface area contributed by atoms with Crippen LogP contribution in [-0.4, -0.2) is 15.8 Å². The summed E-state index contributed by atoms with van der Waals surface area (Å²) in [5.74, 6) is -0.303. The molecule has 0 unspecified atom stereocenters. The van der Waals surface area contributed by atoms with Gasteiger partial charge in [-0.1, -0.05) is 6.07 Å². The van der Waals surface area contributed by atoms with Crippen LogP contribution in [0.25, 0.3) is 6.08 Å². The summed E-state index contributed by atoms with van der Waals surface area (Å²) in [5.41, 5.74) is 2.08. The molecule has 0 aliphatic heterocycles. The predicted molar refractivity (Wildman–Crippen MR) is 74.1 cm³/mol. The highest BCUT2D eigenvalue weighted by Crippen LogP contribution is 2.07. The number of H-pyrrole nitrogens is 1. The molecule has 2 rings (SSSR count). The number of hydrogen-bond donors (Lipinski definition) is 1. The molecule has 0 radical (unpaired) electrons. The highest BCUT2D eigenvalue weighted by atomic mass is 16.1. The van der Waals surface area contributed by atoms with Gasteiger partial charge in [-0.25, -0.2) is 0 Å². The molecular weight excluding hydrogens is 240 g/mol. The maximum absolute atomic E-state index is 12.0. The molecule has 4 nitrogen and oxygen atoms in total. The van der Waals surface area contributed by atoms with Crippen molar-refractivity contribution >= 4 is 11.9 Å². The molecule has 0 fully saturated rings. The van der Waals surface area contributed by atoms with E-state index >= 15 is 0 Å². The molecule has 0 aromatic carbocycles. The zero-order valence-corrected chi connectivity index (χ0v) is 10.8. The van der Waals surface area contributed by atoms with Crippen LogP contribution in [0.1, 0.15) is 27.2 Å². The Kier molecular flexibility index (Phi) is 3.71. The lowest BCUT2D eigenvalue weighted by atomic mass is 10.1. The number of carbonyl (C=O) groups excluding carboxylic acids is 1. The number of aryl methyl sites for hydroxylation is 2. The predicted octanol–water partition coefficient (Wildman–Crippen LogP) is 2.28. The second kappa shape index (κ2) is 5.44. The molecule has 2 aromatic rings. The monoisotopic (exact) mass is 254 g/mol. The summed E-state index contributed by atoms with van der Waals surface area (Å²) >= 11 is 0. The first-order valence-corrected chi connectivity index (χ1v) is 5.91. The number of ketones is 1. The third-order valence-corrected chi connectivity index (χ3v) is 2.72. The standard InChI is InChI=1S/C15H14N2O2/c1-10-8-11(2)17-15(19)14(10)13(18)6-5-12-4-3-7-16-9-12/h3-9H,1-2H3,(H,17,19)/b6-5+. The Morgan fingerprint density at radius 3 is 2.79 bits per heavy atom. The highest BCUT2D eigenvalue weighted by molar-refractivity contribution is 6.07. The molecule has 1 N–H and O–H groups in total. The molecule has 0 amide bonds. The molecule has 0 saturated heterocycles. The number of hydrogen-bond acceptors (Lipinski definition) is 3. The minimum Gasteiger partial charge on any atom is -0.326 e. The molecule has 0 atom stereocenters. The molecule has 19 heavy (non-hydrogen) atoms. The van der Waals surface area contributed by atoms with Gasteiger partial charge in [-0.05, 0) is 49.3 Å². The van der Waals surface area contributed by atoms with E-state index in [1.165, 1.54) is 6.08 Å². The number of rotatable bonds is 3. The van der Waals surface area contributed by atoms with Crippen molar-refractivity contribution in [3.05, 3.63) is 69.4 Å². The third kappa shape index (κ3) is 3.04. The Labute approximate surface area is 110 Å². The van der Waals surface area contributed by atoms with Gasteiger partial charge in [0.2, 0.25) is 0 Å². The maximum atomic E-state index is 12.0. The van der Waals surface area contributed by atoms with Gasteiger partial charge in [-0.3, -0.25) is 14.6 Å². The van der Waals surface area contributed by atoms with Crippen LogP contribution in [0.4, 0.5) is 0 Å². The minimum absolute atomic E-state index is 0.186. The first-order chi connectivity index (χ1) is 9.08. The van der Waals surface area contributed by atoms with E-state index in [0.717, 1.165) is 11.3 Å². The van der Waals surface area contributed by atoms with E-state index in [-0.39, 0.29) is 16.9 Å². The van der Waals surface area contributed by atoms with Gasteiger partial charge in [-0.2, -0.15) is 0 Å². The molecule has 2 heterocycles. The quantitative estimate of drug-likeness (QED) is 0.675. The molecular formula is C15H14N2O2. The van der Waals surface area contributed by atoms with Gasteiger partial charge in [-0.15, -0.1) is 0 Å². The molecule has 4 heteroatoms. The Balaban J connectivity index is 2.31. The SMILES string of the molecule is Cc1cc(C)c(C(=O)/C=C/c2cccnc2)c(=O)[nH]1. The van der Waals surface area contributed by atoms with Crippen LogP contribution in [-0.2, 0) is 0 Å². The van der Waals surface area contributed by atoms with Crippen molar-refractivity contribution in [1.82, 2.24) is 9.97 Å². The Morgan fingerprint density at radius 2 is 2.16 bits per heavy atom. The van der Waals surface area contributed by atoms with Gasteiger partial charge in [0.15, 0.2) is 5.78 Å². The van der Waals surface area contributed by atoms with Crippen molar-refractivity contribution in [3.63, 3.8) is 0 Å². The maximum Gasteiger partial charge on any atom is 0.259 e. The average molecular weight is 254 g/mol. The smallest absolute Gasteiger partial charge is 0.259 e. The summed E-state index contributed by atoms with van der Waals surface area (Å²) < 4.78 is 0. The van der Waals surface area contributed by atoms with Crippen LogP contribution in [0.15, 0.2) is 41.5 Å². The van der Waals surface area contributed by atoms with E-state index in [2.05, 4.69) is 9.97 Å². The second-order valence-electron chi connectivity index (χ2n) is 4.32.